The van der Waals surface area contributed by atoms with Crippen LogP contribution in [0.2, 0.25) is 0 Å². The van der Waals surface area contributed by atoms with E-state index in [1.807, 2.05) is 72.2 Å². The Kier molecular flexibility index (Phi) is 4.52. The van der Waals surface area contributed by atoms with E-state index in [0.29, 0.717) is 16.9 Å². The molecule has 1 atom stereocenters. The molecule has 0 fully saturated rings. The van der Waals surface area contributed by atoms with Gasteiger partial charge in [-0.15, -0.1) is 11.8 Å². The smallest absolute Gasteiger partial charge is 0.255 e. The van der Waals surface area contributed by atoms with Gasteiger partial charge in [-0.25, -0.2) is 4.98 Å². The van der Waals surface area contributed by atoms with Crippen molar-refractivity contribution < 1.29 is 9.59 Å². The van der Waals surface area contributed by atoms with Crippen LogP contribution in [0.25, 0.3) is 16.9 Å². The Morgan fingerprint density at radius 3 is 2.77 bits per heavy atom. The molecule has 30 heavy (non-hydrogen) atoms. The summed E-state index contributed by atoms with van der Waals surface area (Å²) in [5, 5.41) is 5.63. The summed E-state index contributed by atoms with van der Waals surface area (Å²) < 4.78 is 1.97. The summed E-state index contributed by atoms with van der Waals surface area (Å²) in [5.74, 6) is -0.274. The number of anilines is 2. The standard InChI is InChI=1S/C23H18N4O2S/c1-14-22(28)26-18-12-16(7-10-20(18)30-14)23(29)24-17-8-5-15(6-9-17)19-13-27-11-3-2-4-21(27)25-19/h2-14H,1H3,(H,24,29)(H,26,28). The number of imidazole rings is 1. The van der Waals surface area contributed by atoms with E-state index in [-0.39, 0.29) is 17.1 Å². The van der Waals surface area contributed by atoms with Crippen LogP contribution in [0.15, 0.2) is 78.0 Å². The molecule has 6 nitrogen and oxygen atoms in total. The molecule has 0 saturated carbocycles. The predicted molar refractivity (Wildman–Crippen MR) is 119 cm³/mol. The molecule has 2 amide bonds. The topological polar surface area (TPSA) is 75.5 Å². The first kappa shape index (κ1) is 18.4. The van der Waals surface area contributed by atoms with E-state index in [0.717, 1.165) is 21.8 Å². The van der Waals surface area contributed by atoms with E-state index in [1.165, 1.54) is 11.8 Å². The van der Waals surface area contributed by atoms with E-state index >= 15 is 0 Å². The highest BCUT2D eigenvalue weighted by Gasteiger charge is 2.23. The minimum atomic E-state index is -0.226. The summed E-state index contributed by atoms with van der Waals surface area (Å²) >= 11 is 1.49. The summed E-state index contributed by atoms with van der Waals surface area (Å²) in [6, 6.07) is 18.8. The van der Waals surface area contributed by atoms with Gasteiger partial charge in [-0.05, 0) is 49.4 Å². The minimum Gasteiger partial charge on any atom is -0.324 e. The number of hydrogen-bond donors (Lipinski definition) is 2. The number of carbonyl (C=O) groups excluding carboxylic acids is 2. The van der Waals surface area contributed by atoms with Crippen LogP contribution in [0.4, 0.5) is 11.4 Å². The molecule has 0 saturated heterocycles. The van der Waals surface area contributed by atoms with Crippen molar-refractivity contribution in [2.24, 2.45) is 0 Å². The number of nitrogens with one attached hydrogen (secondary N) is 2. The molecule has 5 rings (SSSR count). The molecule has 0 aliphatic carbocycles. The fourth-order valence-electron chi connectivity index (χ4n) is 3.35. The lowest BCUT2D eigenvalue weighted by molar-refractivity contribution is -0.115. The zero-order valence-corrected chi connectivity index (χ0v) is 16.9. The van der Waals surface area contributed by atoms with Gasteiger partial charge >= 0.3 is 0 Å². The highest BCUT2D eigenvalue weighted by Crippen LogP contribution is 2.36. The summed E-state index contributed by atoms with van der Waals surface area (Å²) in [6.45, 7) is 1.86. The van der Waals surface area contributed by atoms with Crippen molar-refractivity contribution in [2.45, 2.75) is 17.1 Å². The number of amides is 2. The highest BCUT2D eigenvalue weighted by atomic mass is 32.2. The predicted octanol–water partition coefficient (Wildman–Crippen LogP) is 4.69. The van der Waals surface area contributed by atoms with Crippen molar-refractivity contribution in [3.63, 3.8) is 0 Å². The van der Waals surface area contributed by atoms with Crippen molar-refractivity contribution in [3.8, 4) is 11.3 Å². The average molecular weight is 414 g/mol. The quantitative estimate of drug-likeness (QED) is 0.510. The van der Waals surface area contributed by atoms with E-state index in [1.54, 1.807) is 12.1 Å². The number of carbonyl (C=O) groups is 2. The molecule has 2 aromatic heterocycles. The summed E-state index contributed by atoms with van der Waals surface area (Å²) in [5.41, 5.74) is 4.59. The summed E-state index contributed by atoms with van der Waals surface area (Å²) in [7, 11) is 0. The Hall–Kier alpha value is -3.58. The van der Waals surface area contributed by atoms with Crippen molar-refractivity contribution in [1.29, 1.82) is 0 Å². The second-order valence-electron chi connectivity index (χ2n) is 7.08. The van der Waals surface area contributed by atoms with E-state index in [2.05, 4.69) is 15.6 Å². The van der Waals surface area contributed by atoms with Crippen LogP contribution in [-0.2, 0) is 4.79 Å². The number of nitrogens with zero attached hydrogens (tertiary/aromatic N) is 2. The van der Waals surface area contributed by atoms with Gasteiger partial charge < -0.3 is 15.0 Å². The number of pyridine rings is 1. The van der Waals surface area contributed by atoms with Gasteiger partial charge in [0.1, 0.15) is 5.65 Å². The maximum Gasteiger partial charge on any atom is 0.255 e. The van der Waals surface area contributed by atoms with Crippen molar-refractivity contribution in [1.82, 2.24) is 9.38 Å². The summed E-state index contributed by atoms with van der Waals surface area (Å²) in [4.78, 5) is 30.1. The number of aromatic nitrogens is 2. The summed E-state index contributed by atoms with van der Waals surface area (Å²) in [6.07, 6.45) is 3.93. The molecular weight excluding hydrogens is 396 g/mol. The van der Waals surface area contributed by atoms with Gasteiger partial charge in [0.25, 0.3) is 5.91 Å². The number of fused-ring (bicyclic) bond motifs is 2. The van der Waals surface area contributed by atoms with Crippen LogP contribution in [0.1, 0.15) is 17.3 Å². The van der Waals surface area contributed by atoms with E-state index in [9.17, 15) is 9.59 Å². The third kappa shape index (κ3) is 3.44. The number of thioether (sulfide) groups is 1. The van der Waals surface area contributed by atoms with Crippen LogP contribution < -0.4 is 10.6 Å². The third-order valence-electron chi connectivity index (χ3n) is 4.98. The molecule has 0 radical (unpaired) electrons. The first-order valence-electron chi connectivity index (χ1n) is 9.54. The molecule has 0 spiro atoms. The Balaban J connectivity index is 1.33. The molecule has 2 aromatic carbocycles. The fourth-order valence-corrected chi connectivity index (χ4v) is 4.28. The van der Waals surface area contributed by atoms with E-state index < -0.39 is 0 Å². The molecule has 3 heterocycles. The van der Waals surface area contributed by atoms with Gasteiger partial charge in [0.2, 0.25) is 5.91 Å². The molecular formula is C23H18N4O2S. The average Bonchev–Trinajstić information content (AvgIpc) is 3.19. The molecule has 1 aliphatic heterocycles. The van der Waals surface area contributed by atoms with E-state index in [4.69, 9.17) is 0 Å². The fraction of sp³-hybridized carbons (Fsp3) is 0.0870. The monoisotopic (exact) mass is 414 g/mol. The molecule has 4 aromatic rings. The second kappa shape index (κ2) is 7.35. The molecule has 7 heteroatoms. The first-order chi connectivity index (χ1) is 14.6. The van der Waals surface area contributed by atoms with Gasteiger partial charge in [-0.1, -0.05) is 18.2 Å². The number of benzene rings is 2. The molecule has 1 aliphatic rings. The zero-order chi connectivity index (χ0) is 20.7. The Bertz CT molecular complexity index is 1250. The van der Waals surface area contributed by atoms with Crippen LogP contribution in [0.3, 0.4) is 0 Å². The molecule has 148 valence electrons. The van der Waals surface area contributed by atoms with Crippen LogP contribution in [0.5, 0.6) is 0 Å². The maximum absolute atomic E-state index is 12.7. The second-order valence-corrected chi connectivity index (χ2v) is 8.47. The normalized spacial score (nSPS) is 15.5. The SMILES string of the molecule is CC1Sc2ccc(C(=O)Nc3ccc(-c4cn5ccccc5n4)cc3)cc2NC1=O. The lowest BCUT2D eigenvalue weighted by Crippen LogP contribution is -2.26. The lowest BCUT2D eigenvalue weighted by Gasteiger charge is -2.21. The van der Waals surface area contributed by atoms with Crippen LogP contribution >= 0.6 is 11.8 Å². The highest BCUT2D eigenvalue weighted by molar-refractivity contribution is 8.00. The number of rotatable bonds is 3. The maximum atomic E-state index is 12.7. The first-order valence-corrected chi connectivity index (χ1v) is 10.4. The Morgan fingerprint density at radius 2 is 1.97 bits per heavy atom. The van der Waals surface area contributed by atoms with Gasteiger partial charge in [-0.3, -0.25) is 9.59 Å². The van der Waals surface area contributed by atoms with Gasteiger partial charge in [-0.2, -0.15) is 0 Å². The van der Waals surface area contributed by atoms with Gasteiger partial charge in [0.05, 0.1) is 16.6 Å². The lowest BCUT2D eigenvalue weighted by atomic mass is 10.1. The van der Waals surface area contributed by atoms with Crippen molar-refractivity contribution in [3.05, 3.63) is 78.6 Å². The molecule has 2 N–H and O–H groups in total. The van der Waals surface area contributed by atoms with Crippen molar-refractivity contribution in [2.75, 3.05) is 10.6 Å². The number of hydrogen-bond acceptors (Lipinski definition) is 4. The van der Waals surface area contributed by atoms with Gasteiger partial charge in [0, 0.05) is 34.1 Å². The molecule has 0 bridgehead atoms. The Morgan fingerprint density at radius 1 is 1.13 bits per heavy atom. The van der Waals surface area contributed by atoms with Gasteiger partial charge in [0.15, 0.2) is 0 Å². The van der Waals surface area contributed by atoms with Crippen molar-refractivity contribution >= 4 is 40.6 Å². The minimum absolute atomic E-state index is 0.0485. The molecule has 1 unspecified atom stereocenters. The van der Waals surface area contributed by atoms with Crippen LogP contribution in [-0.4, -0.2) is 26.4 Å². The zero-order valence-electron chi connectivity index (χ0n) is 16.1. The van der Waals surface area contributed by atoms with Crippen LogP contribution in [0, 0.1) is 0 Å². The largest absolute Gasteiger partial charge is 0.324 e. The Labute approximate surface area is 177 Å². The third-order valence-corrected chi connectivity index (χ3v) is 6.15.